The van der Waals surface area contributed by atoms with Gasteiger partial charge in [0.05, 0.1) is 12.5 Å². The number of hydrogen-bond acceptors (Lipinski definition) is 3. The van der Waals surface area contributed by atoms with Crippen molar-refractivity contribution in [3.63, 3.8) is 0 Å². The summed E-state index contributed by atoms with van der Waals surface area (Å²) in [5.74, 6) is -1.85. The monoisotopic (exact) mass is 359 g/mol. The first-order chi connectivity index (χ1) is 11.7. The third kappa shape index (κ3) is 6.28. The summed E-state index contributed by atoms with van der Waals surface area (Å²) in [5, 5.41) is 11.8. The number of carboxylic acids is 1. The van der Waals surface area contributed by atoms with Crippen molar-refractivity contribution >= 4 is 11.9 Å². The Bertz CT molecular complexity index is 595. The number of carbonyl (C=O) groups is 2. The summed E-state index contributed by atoms with van der Waals surface area (Å²) in [7, 11) is 0. The predicted octanol–water partition coefficient (Wildman–Crippen LogP) is 3.80. The minimum atomic E-state index is -4.79. The van der Waals surface area contributed by atoms with Gasteiger partial charge in [0, 0.05) is 5.92 Å². The van der Waals surface area contributed by atoms with E-state index in [0.717, 1.165) is 44.2 Å². The van der Waals surface area contributed by atoms with Crippen molar-refractivity contribution in [3.8, 4) is 5.75 Å². The normalized spacial score (nSPS) is 16.9. The maximum Gasteiger partial charge on any atom is 0.573 e. The van der Waals surface area contributed by atoms with Crippen LogP contribution in [0.3, 0.4) is 0 Å². The first kappa shape index (κ1) is 19.1. The lowest BCUT2D eigenvalue weighted by Crippen LogP contribution is -2.35. The molecule has 1 atom stereocenters. The van der Waals surface area contributed by atoms with E-state index in [9.17, 15) is 22.8 Å². The van der Waals surface area contributed by atoms with E-state index in [0.29, 0.717) is 5.56 Å². The van der Waals surface area contributed by atoms with Gasteiger partial charge in [-0.3, -0.25) is 9.59 Å². The second-order valence-electron chi connectivity index (χ2n) is 6.11. The Morgan fingerprint density at radius 2 is 1.76 bits per heavy atom. The number of rotatable bonds is 6. The van der Waals surface area contributed by atoms with Crippen molar-refractivity contribution in [3.05, 3.63) is 29.8 Å². The largest absolute Gasteiger partial charge is 0.573 e. The maximum absolute atomic E-state index is 12.3. The summed E-state index contributed by atoms with van der Waals surface area (Å²) >= 11 is 0. The molecule has 25 heavy (non-hydrogen) atoms. The van der Waals surface area contributed by atoms with Crippen molar-refractivity contribution in [2.75, 3.05) is 0 Å². The third-order valence-corrected chi connectivity index (χ3v) is 4.19. The minimum absolute atomic E-state index is 0.141. The average Bonchev–Trinajstić information content (AvgIpc) is 2.54. The number of carbonyl (C=O) groups excluding carboxylic acids is 1. The number of hydrogen-bond donors (Lipinski definition) is 2. The summed E-state index contributed by atoms with van der Waals surface area (Å²) in [6.45, 7) is 0. The van der Waals surface area contributed by atoms with E-state index in [1.54, 1.807) is 0 Å². The summed E-state index contributed by atoms with van der Waals surface area (Å²) in [6, 6.07) is 4.06. The molecule has 1 aromatic rings. The van der Waals surface area contributed by atoms with Crippen molar-refractivity contribution in [1.29, 1.82) is 0 Å². The second-order valence-corrected chi connectivity index (χ2v) is 6.11. The molecule has 1 unspecified atom stereocenters. The number of nitrogens with one attached hydrogen (secondary N) is 1. The molecule has 0 aromatic heterocycles. The molecular formula is C17H20F3NO4. The molecule has 5 nitrogen and oxygen atoms in total. The van der Waals surface area contributed by atoms with Crippen molar-refractivity contribution in [2.24, 2.45) is 5.92 Å². The molecule has 1 fully saturated rings. The Labute approximate surface area is 143 Å². The molecule has 1 aliphatic carbocycles. The van der Waals surface area contributed by atoms with Gasteiger partial charge in [0.2, 0.25) is 5.91 Å². The molecule has 1 aliphatic rings. The van der Waals surface area contributed by atoms with Crippen LogP contribution in [-0.4, -0.2) is 23.3 Å². The molecule has 2 N–H and O–H groups in total. The van der Waals surface area contributed by atoms with E-state index in [4.69, 9.17) is 5.11 Å². The van der Waals surface area contributed by atoms with Crippen LogP contribution < -0.4 is 10.1 Å². The Hall–Kier alpha value is -2.25. The van der Waals surface area contributed by atoms with Gasteiger partial charge in [-0.1, -0.05) is 31.4 Å². The number of amides is 1. The van der Waals surface area contributed by atoms with Gasteiger partial charge < -0.3 is 15.2 Å². The van der Waals surface area contributed by atoms with Gasteiger partial charge in [0.15, 0.2) is 0 Å². The van der Waals surface area contributed by atoms with E-state index in [1.807, 2.05) is 0 Å². The predicted molar refractivity (Wildman–Crippen MR) is 82.8 cm³/mol. The van der Waals surface area contributed by atoms with E-state index in [-0.39, 0.29) is 18.2 Å². The molecule has 0 bridgehead atoms. The van der Waals surface area contributed by atoms with Crippen LogP contribution in [0.1, 0.15) is 50.1 Å². The Balaban J connectivity index is 2.08. The molecule has 1 saturated carbocycles. The number of benzene rings is 1. The van der Waals surface area contributed by atoms with Crippen LogP contribution in [0.25, 0.3) is 0 Å². The molecule has 0 spiro atoms. The topological polar surface area (TPSA) is 75.6 Å². The first-order valence-electron chi connectivity index (χ1n) is 8.12. The molecule has 1 amide bonds. The molecule has 0 saturated heterocycles. The summed E-state index contributed by atoms with van der Waals surface area (Å²) in [6.07, 6.45) is -0.595. The molecule has 0 aliphatic heterocycles. The molecule has 1 aromatic carbocycles. The van der Waals surface area contributed by atoms with Crippen molar-refractivity contribution in [2.45, 2.75) is 50.9 Å². The number of aliphatic carboxylic acids is 1. The highest BCUT2D eigenvalue weighted by Gasteiger charge is 2.31. The summed E-state index contributed by atoms with van der Waals surface area (Å²) in [4.78, 5) is 23.4. The number of ether oxygens (including phenoxy) is 1. The molecule has 8 heteroatoms. The smallest absolute Gasteiger partial charge is 0.481 e. The Morgan fingerprint density at radius 3 is 2.28 bits per heavy atom. The molecule has 0 heterocycles. The van der Waals surface area contributed by atoms with Gasteiger partial charge in [-0.05, 0) is 30.5 Å². The van der Waals surface area contributed by atoms with Gasteiger partial charge >= 0.3 is 12.3 Å². The zero-order valence-electron chi connectivity index (χ0n) is 13.5. The van der Waals surface area contributed by atoms with Gasteiger partial charge in [-0.25, -0.2) is 0 Å². The van der Waals surface area contributed by atoms with E-state index >= 15 is 0 Å². The van der Waals surface area contributed by atoms with Crippen LogP contribution in [0.5, 0.6) is 5.75 Å². The van der Waals surface area contributed by atoms with E-state index in [2.05, 4.69) is 10.1 Å². The fourth-order valence-corrected chi connectivity index (χ4v) is 2.98. The van der Waals surface area contributed by atoms with Crippen molar-refractivity contribution in [1.82, 2.24) is 5.32 Å². The molecule has 2 rings (SSSR count). The molecule has 138 valence electrons. The van der Waals surface area contributed by atoms with E-state index in [1.165, 1.54) is 12.1 Å². The second kappa shape index (κ2) is 8.22. The highest BCUT2D eigenvalue weighted by Crippen LogP contribution is 2.27. The standard InChI is InChI=1S/C17H20F3NO4/c18-17(19,20)25-13-8-6-11(7-9-13)14(10-15(22)23)21-16(24)12-4-2-1-3-5-12/h6-9,12,14H,1-5,10H2,(H,21,24)(H,22,23). The fourth-order valence-electron chi connectivity index (χ4n) is 2.98. The SMILES string of the molecule is O=C(O)CC(NC(=O)C1CCCCC1)c1ccc(OC(F)(F)F)cc1. The van der Waals surface area contributed by atoms with Crippen molar-refractivity contribution < 1.29 is 32.6 Å². The zero-order chi connectivity index (χ0) is 18.4. The molecular weight excluding hydrogens is 339 g/mol. The van der Waals surface area contributed by atoms with Gasteiger partial charge in [-0.15, -0.1) is 13.2 Å². The lowest BCUT2D eigenvalue weighted by Gasteiger charge is -2.24. The zero-order valence-corrected chi connectivity index (χ0v) is 13.5. The van der Waals surface area contributed by atoms with Crippen LogP contribution in [-0.2, 0) is 9.59 Å². The van der Waals surface area contributed by atoms with Crippen LogP contribution in [0.4, 0.5) is 13.2 Å². The van der Waals surface area contributed by atoms with Gasteiger partial charge in [0.1, 0.15) is 5.75 Å². The highest BCUT2D eigenvalue weighted by atomic mass is 19.4. The average molecular weight is 359 g/mol. The first-order valence-corrected chi connectivity index (χ1v) is 8.12. The van der Waals surface area contributed by atoms with Crippen LogP contribution in [0.15, 0.2) is 24.3 Å². The summed E-state index contributed by atoms with van der Waals surface area (Å²) in [5.41, 5.74) is 0.418. The molecule has 0 radical (unpaired) electrons. The Kier molecular flexibility index (Phi) is 6.27. The van der Waals surface area contributed by atoms with Crippen LogP contribution >= 0.6 is 0 Å². The maximum atomic E-state index is 12.3. The van der Waals surface area contributed by atoms with E-state index < -0.39 is 24.1 Å². The number of alkyl halides is 3. The van der Waals surface area contributed by atoms with Gasteiger partial charge in [0.25, 0.3) is 0 Å². The van der Waals surface area contributed by atoms with Crippen LogP contribution in [0, 0.1) is 5.92 Å². The Morgan fingerprint density at radius 1 is 1.16 bits per heavy atom. The summed E-state index contributed by atoms with van der Waals surface area (Å²) < 4.78 is 40.4. The quantitative estimate of drug-likeness (QED) is 0.810. The fraction of sp³-hybridized carbons (Fsp3) is 0.529. The lowest BCUT2D eigenvalue weighted by atomic mass is 9.88. The number of carboxylic acid groups (broad SMARTS) is 1. The number of halogens is 3. The lowest BCUT2D eigenvalue weighted by molar-refractivity contribution is -0.274. The van der Waals surface area contributed by atoms with Crippen LogP contribution in [0.2, 0.25) is 0 Å². The minimum Gasteiger partial charge on any atom is -0.481 e. The highest BCUT2D eigenvalue weighted by molar-refractivity contribution is 5.80. The van der Waals surface area contributed by atoms with Gasteiger partial charge in [-0.2, -0.15) is 0 Å². The third-order valence-electron chi connectivity index (χ3n) is 4.19.